The van der Waals surface area contributed by atoms with Crippen LogP contribution in [0.5, 0.6) is 5.75 Å². The van der Waals surface area contributed by atoms with Gasteiger partial charge < -0.3 is 10.1 Å². The SMILES string of the molecule is CCNC(CCc1cccc(C)c1)c1cncc(OC)c1. The Morgan fingerprint density at radius 1 is 1.24 bits per heavy atom. The number of benzene rings is 1. The lowest BCUT2D eigenvalue weighted by atomic mass is 9.99. The zero-order valence-electron chi connectivity index (χ0n) is 13.1. The highest BCUT2D eigenvalue weighted by Gasteiger charge is 2.12. The van der Waals surface area contributed by atoms with Crippen molar-refractivity contribution in [2.75, 3.05) is 13.7 Å². The second-order valence-corrected chi connectivity index (χ2v) is 5.30. The van der Waals surface area contributed by atoms with Crippen LogP contribution in [0.3, 0.4) is 0 Å². The van der Waals surface area contributed by atoms with Crippen molar-refractivity contribution < 1.29 is 4.74 Å². The number of hydrogen-bond donors (Lipinski definition) is 1. The highest BCUT2D eigenvalue weighted by molar-refractivity contribution is 5.27. The molecule has 0 aliphatic carbocycles. The maximum Gasteiger partial charge on any atom is 0.137 e. The van der Waals surface area contributed by atoms with E-state index >= 15 is 0 Å². The Balaban J connectivity index is 2.07. The third-order valence-electron chi connectivity index (χ3n) is 3.63. The molecule has 0 amide bonds. The topological polar surface area (TPSA) is 34.2 Å². The van der Waals surface area contributed by atoms with E-state index in [2.05, 4.69) is 54.5 Å². The molecule has 2 rings (SSSR count). The summed E-state index contributed by atoms with van der Waals surface area (Å²) in [7, 11) is 1.68. The number of aryl methyl sites for hydroxylation is 2. The van der Waals surface area contributed by atoms with Gasteiger partial charge in [0, 0.05) is 12.2 Å². The molecule has 1 unspecified atom stereocenters. The predicted octanol–water partition coefficient (Wildman–Crippen LogP) is 3.68. The van der Waals surface area contributed by atoms with Crippen molar-refractivity contribution in [1.82, 2.24) is 10.3 Å². The molecule has 1 heterocycles. The first kappa shape index (κ1) is 15.5. The summed E-state index contributed by atoms with van der Waals surface area (Å²) >= 11 is 0. The van der Waals surface area contributed by atoms with Crippen molar-refractivity contribution >= 4 is 0 Å². The summed E-state index contributed by atoms with van der Waals surface area (Å²) in [6, 6.07) is 11.1. The Hall–Kier alpha value is -1.87. The average molecular weight is 284 g/mol. The first-order valence-electron chi connectivity index (χ1n) is 7.50. The van der Waals surface area contributed by atoms with E-state index in [1.807, 2.05) is 6.20 Å². The fourth-order valence-corrected chi connectivity index (χ4v) is 2.55. The molecule has 0 saturated carbocycles. The van der Waals surface area contributed by atoms with Gasteiger partial charge in [0.1, 0.15) is 5.75 Å². The lowest BCUT2D eigenvalue weighted by Gasteiger charge is -2.18. The lowest BCUT2D eigenvalue weighted by Crippen LogP contribution is -2.21. The normalized spacial score (nSPS) is 12.1. The maximum atomic E-state index is 5.27. The molecule has 1 atom stereocenters. The molecule has 0 fully saturated rings. The Bertz CT molecular complexity index is 569. The van der Waals surface area contributed by atoms with Crippen molar-refractivity contribution in [3.63, 3.8) is 0 Å². The van der Waals surface area contributed by atoms with E-state index in [4.69, 9.17) is 4.74 Å². The van der Waals surface area contributed by atoms with Crippen LogP contribution in [0.25, 0.3) is 0 Å². The van der Waals surface area contributed by atoms with E-state index in [-0.39, 0.29) is 0 Å². The fraction of sp³-hybridized carbons (Fsp3) is 0.389. The number of methoxy groups -OCH3 is 1. The Morgan fingerprint density at radius 2 is 2.10 bits per heavy atom. The van der Waals surface area contributed by atoms with Crippen molar-refractivity contribution in [2.24, 2.45) is 0 Å². The molecule has 21 heavy (non-hydrogen) atoms. The van der Waals surface area contributed by atoms with E-state index in [9.17, 15) is 0 Å². The monoisotopic (exact) mass is 284 g/mol. The number of pyridine rings is 1. The molecule has 112 valence electrons. The zero-order chi connectivity index (χ0) is 15.1. The van der Waals surface area contributed by atoms with Crippen LogP contribution in [0.4, 0.5) is 0 Å². The van der Waals surface area contributed by atoms with Crippen LogP contribution in [-0.2, 0) is 6.42 Å². The Labute approximate surface area is 127 Å². The van der Waals surface area contributed by atoms with Gasteiger partial charge in [-0.15, -0.1) is 0 Å². The summed E-state index contributed by atoms with van der Waals surface area (Å²) in [5.74, 6) is 0.811. The van der Waals surface area contributed by atoms with Crippen LogP contribution in [-0.4, -0.2) is 18.6 Å². The van der Waals surface area contributed by atoms with Gasteiger partial charge in [0.05, 0.1) is 13.3 Å². The van der Waals surface area contributed by atoms with E-state index in [0.29, 0.717) is 6.04 Å². The van der Waals surface area contributed by atoms with Crippen LogP contribution in [0.1, 0.15) is 36.1 Å². The number of nitrogens with zero attached hydrogens (tertiary/aromatic N) is 1. The highest BCUT2D eigenvalue weighted by atomic mass is 16.5. The van der Waals surface area contributed by atoms with E-state index < -0.39 is 0 Å². The summed E-state index contributed by atoms with van der Waals surface area (Å²) in [4.78, 5) is 4.26. The summed E-state index contributed by atoms with van der Waals surface area (Å²) in [5.41, 5.74) is 3.88. The van der Waals surface area contributed by atoms with Crippen molar-refractivity contribution in [3.8, 4) is 5.75 Å². The van der Waals surface area contributed by atoms with Gasteiger partial charge >= 0.3 is 0 Å². The molecule has 2 aromatic rings. The molecule has 0 bridgehead atoms. The van der Waals surface area contributed by atoms with Gasteiger partial charge in [-0.1, -0.05) is 36.8 Å². The number of aromatic nitrogens is 1. The van der Waals surface area contributed by atoms with Gasteiger partial charge in [0.15, 0.2) is 0 Å². The van der Waals surface area contributed by atoms with Gasteiger partial charge in [0.25, 0.3) is 0 Å². The standard InChI is InChI=1S/C18H24N2O/c1-4-20-18(16-11-17(21-3)13-19-12-16)9-8-15-7-5-6-14(2)10-15/h5-7,10-13,18,20H,4,8-9H2,1-3H3. The third-order valence-corrected chi connectivity index (χ3v) is 3.63. The predicted molar refractivity (Wildman–Crippen MR) is 86.7 cm³/mol. The van der Waals surface area contributed by atoms with Gasteiger partial charge in [-0.25, -0.2) is 0 Å². The molecule has 0 aliphatic rings. The summed E-state index contributed by atoms with van der Waals surface area (Å²) in [5, 5.41) is 3.54. The van der Waals surface area contributed by atoms with Gasteiger partial charge in [-0.05, 0) is 43.5 Å². The molecule has 1 aromatic carbocycles. The molecular weight excluding hydrogens is 260 g/mol. The smallest absolute Gasteiger partial charge is 0.137 e. The highest BCUT2D eigenvalue weighted by Crippen LogP contribution is 2.22. The molecule has 0 aliphatic heterocycles. The molecular formula is C18H24N2O. The maximum absolute atomic E-state index is 5.27. The van der Waals surface area contributed by atoms with Crippen LogP contribution in [0, 0.1) is 6.92 Å². The molecule has 1 aromatic heterocycles. The van der Waals surface area contributed by atoms with Crippen molar-refractivity contribution in [2.45, 2.75) is 32.7 Å². The third kappa shape index (κ3) is 4.57. The quantitative estimate of drug-likeness (QED) is 0.842. The number of nitrogens with one attached hydrogen (secondary N) is 1. The fourth-order valence-electron chi connectivity index (χ4n) is 2.55. The number of rotatable bonds is 7. The second-order valence-electron chi connectivity index (χ2n) is 5.30. The molecule has 0 spiro atoms. The van der Waals surface area contributed by atoms with E-state index in [1.54, 1.807) is 13.3 Å². The van der Waals surface area contributed by atoms with Crippen molar-refractivity contribution in [1.29, 1.82) is 0 Å². The van der Waals surface area contributed by atoms with Gasteiger partial charge in [-0.3, -0.25) is 4.98 Å². The Kier molecular flexibility index (Phi) is 5.76. The minimum absolute atomic E-state index is 0.304. The van der Waals surface area contributed by atoms with Crippen molar-refractivity contribution in [3.05, 3.63) is 59.4 Å². The zero-order valence-corrected chi connectivity index (χ0v) is 13.1. The molecule has 1 N–H and O–H groups in total. The van der Waals surface area contributed by atoms with Crippen LogP contribution in [0.15, 0.2) is 42.7 Å². The largest absolute Gasteiger partial charge is 0.495 e. The second kappa shape index (κ2) is 7.79. The minimum atomic E-state index is 0.304. The molecule has 0 saturated heterocycles. The van der Waals surface area contributed by atoms with Gasteiger partial charge in [0.2, 0.25) is 0 Å². The summed E-state index contributed by atoms with van der Waals surface area (Å²) < 4.78 is 5.27. The number of hydrogen-bond acceptors (Lipinski definition) is 3. The van der Waals surface area contributed by atoms with E-state index in [1.165, 1.54) is 16.7 Å². The van der Waals surface area contributed by atoms with Gasteiger partial charge in [-0.2, -0.15) is 0 Å². The molecule has 3 nitrogen and oxygen atoms in total. The first-order valence-corrected chi connectivity index (χ1v) is 7.50. The first-order chi connectivity index (χ1) is 10.2. The van der Waals surface area contributed by atoms with Crippen LogP contribution in [0.2, 0.25) is 0 Å². The Morgan fingerprint density at radius 3 is 2.81 bits per heavy atom. The average Bonchev–Trinajstić information content (AvgIpc) is 2.51. The van der Waals surface area contributed by atoms with Crippen LogP contribution < -0.4 is 10.1 Å². The minimum Gasteiger partial charge on any atom is -0.495 e. The van der Waals surface area contributed by atoms with Crippen LogP contribution >= 0.6 is 0 Å². The molecule has 0 radical (unpaired) electrons. The summed E-state index contributed by atoms with van der Waals surface area (Å²) in [6.07, 6.45) is 5.77. The number of ether oxygens (including phenoxy) is 1. The van der Waals surface area contributed by atoms with E-state index in [0.717, 1.165) is 25.1 Å². The lowest BCUT2D eigenvalue weighted by molar-refractivity contribution is 0.410. The summed E-state index contributed by atoms with van der Waals surface area (Å²) in [6.45, 7) is 5.21. The molecule has 3 heteroatoms.